The maximum absolute atomic E-state index is 12.4. The van der Waals surface area contributed by atoms with Crippen LogP contribution in [0.25, 0.3) is 11.3 Å². The highest BCUT2D eigenvalue weighted by atomic mass is 35.5. The number of nitrogens with zero attached hydrogens (tertiary/aromatic N) is 2. The molecule has 0 bridgehead atoms. The van der Waals surface area contributed by atoms with Crippen molar-refractivity contribution in [3.8, 4) is 11.3 Å². The Morgan fingerprint density at radius 3 is 2.28 bits per heavy atom. The Morgan fingerprint density at radius 1 is 0.960 bits per heavy atom. The summed E-state index contributed by atoms with van der Waals surface area (Å²) < 4.78 is 0. The Labute approximate surface area is 156 Å². The van der Waals surface area contributed by atoms with Crippen LogP contribution in [-0.4, -0.2) is 21.8 Å². The van der Waals surface area contributed by atoms with E-state index in [4.69, 9.17) is 23.2 Å². The number of benzene rings is 2. The molecule has 25 heavy (non-hydrogen) atoms. The molecule has 124 valence electrons. The van der Waals surface area contributed by atoms with E-state index in [1.165, 1.54) is 11.3 Å². The van der Waals surface area contributed by atoms with Gasteiger partial charge in [0, 0.05) is 10.9 Å². The lowest BCUT2D eigenvalue weighted by atomic mass is 10.1. The summed E-state index contributed by atoms with van der Waals surface area (Å²) in [4.78, 5) is 29.1. The van der Waals surface area contributed by atoms with Gasteiger partial charge in [0.1, 0.15) is 0 Å². The van der Waals surface area contributed by atoms with Crippen LogP contribution in [0.5, 0.6) is 0 Å². The Balaban J connectivity index is 1.59. The van der Waals surface area contributed by atoms with Crippen LogP contribution in [0, 0.1) is 0 Å². The summed E-state index contributed by atoms with van der Waals surface area (Å²) in [6.45, 7) is 0. The molecule has 0 saturated carbocycles. The molecular weight excluding hydrogens is 381 g/mol. The maximum Gasteiger partial charge on any atom is 0.280 e. The predicted octanol–water partition coefficient (Wildman–Crippen LogP) is 4.74. The number of hydrogen-bond acceptors (Lipinski definition) is 5. The zero-order valence-corrected chi connectivity index (χ0v) is 14.8. The number of amides is 2. The Morgan fingerprint density at radius 2 is 1.64 bits per heavy atom. The fourth-order valence-electron chi connectivity index (χ4n) is 2.50. The zero-order chi connectivity index (χ0) is 17.6. The van der Waals surface area contributed by atoms with Gasteiger partial charge in [0.2, 0.25) is 5.13 Å². The monoisotopic (exact) mass is 389 g/mol. The van der Waals surface area contributed by atoms with E-state index in [-0.39, 0.29) is 0 Å². The molecule has 1 aliphatic rings. The van der Waals surface area contributed by atoms with Crippen molar-refractivity contribution >= 4 is 51.5 Å². The van der Waals surface area contributed by atoms with Crippen LogP contribution in [0.4, 0.5) is 5.13 Å². The van der Waals surface area contributed by atoms with Crippen LogP contribution in [0.15, 0.2) is 47.8 Å². The van der Waals surface area contributed by atoms with Crippen molar-refractivity contribution in [2.75, 3.05) is 5.43 Å². The molecule has 0 atom stereocenters. The largest absolute Gasteiger partial charge is 0.280 e. The van der Waals surface area contributed by atoms with Gasteiger partial charge >= 0.3 is 0 Å². The SMILES string of the molecule is O=C1c2ccccc2C(=O)N1Nc1nc(-c2ccc(Cl)c(Cl)c2)cs1. The summed E-state index contributed by atoms with van der Waals surface area (Å²) in [5.74, 6) is -0.793. The lowest BCUT2D eigenvalue weighted by Gasteiger charge is -2.13. The van der Waals surface area contributed by atoms with Gasteiger partial charge in [-0.15, -0.1) is 11.3 Å². The number of anilines is 1. The van der Waals surface area contributed by atoms with Crippen LogP contribution in [0.3, 0.4) is 0 Å². The molecule has 2 amide bonds. The molecule has 3 aromatic rings. The van der Waals surface area contributed by atoms with E-state index in [1.54, 1.807) is 47.8 Å². The van der Waals surface area contributed by atoms with E-state index >= 15 is 0 Å². The van der Waals surface area contributed by atoms with Crippen molar-refractivity contribution in [3.05, 3.63) is 69.0 Å². The second-order valence-electron chi connectivity index (χ2n) is 5.27. The molecule has 0 aliphatic carbocycles. The molecule has 0 spiro atoms. The molecular formula is C17H9Cl2N3O2S. The van der Waals surface area contributed by atoms with E-state index in [9.17, 15) is 9.59 Å². The van der Waals surface area contributed by atoms with E-state index in [0.29, 0.717) is 32.0 Å². The molecule has 8 heteroatoms. The Hall–Kier alpha value is -2.41. The van der Waals surface area contributed by atoms with Crippen LogP contribution in [-0.2, 0) is 0 Å². The van der Waals surface area contributed by atoms with Gasteiger partial charge in [-0.1, -0.05) is 41.4 Å². The van der Waals surface area contributed by atoms with Gasteiger partial charge in [-0.2, -0.15) is 5.01 Å². The van der Waals surface area contributed by atoms with Gasteiger partial charge in [-0.05, 0) is 24.3 Å². The van der Waals surface area contributed by atoms with Gasteiger partial charge in [-0.25, -0.2) is 4.98 Å². The molecule has 5 nitrogen and oxygen atoms in total. The quantitative estimate of drug-likeness (QED) is 0.657. The highest BCUT2D eigenvalue weighted by molar-refractivity contribution is 7.14. The van der Waals surface area contributed by atoms with Gasteiger partial charge in [-0.3, -0.25) is 15.0 Å². The Bertz CT molecular complexity index is 984. The molecule has 4 rings (SSSR count). The minimum Gasteiger partial charge on any atom is -0.267 e. The van der Waals surface area contributed by atoms with Crippen molar-refractivity contribution in [1.82, 2.24) is 9.99 Å². The lowest BCUT2D eigenvalue weighted by Crippen LogP contribution is -2.35. The second kappa shape index (κ2) is 6.15. The number of hydrogen-bond donors (Lipinski definition) is 1. The highest BCUT2D eigenvalue weighted by Crippen LogP contribution is 2.31. The molecule has 2 heterocycles. The first-order valence-corrected chi connectivity index (χ1v) is 8.83. The third-order valence-corrected chi connectivity index (χ3v) is 5.21. The van der Waals surface area contributed by atoms with Crippen LogP contribution >= 0.6 is 34.5 Å². The highest BCUT2D eigenvalue weighted by Gasteiger charge is 2.36. The number of halogens is 2. The number of rotatable bonds is 3. The molecule has 0 fully saturated rings. The number of imide groups is 1. The Kier molecular flexibility index (Phi) is 3.95. The molecule has 0 unspecified atom stereocenters. The second-order valence-corrected chi connectivity index (χ2v) is 6.94. The summed E-state index contributed by atoms with van der Waals surface area (Å²) in [5.41, 5.74) is 5.00. The zero-order valence-electron chi connectivity index (χ0n) is 12.5. The molecule has 1 aromatic heterocycles. The normalized spacial score (nSPS) is 13.3. The third kappa shape index (κ3) is 2.78. The van der Waals surface area contributed by atoms with Gasteiger partial charge in [0.05, 0.1) is 26.9 Å². The van der Waals surface area contributed by atoms with Gasteiger partial charge in [0.25, 0.3) is 11.8 Å². The summed E-state index contributed by atoms with van der Waals surface area (Å²) in [6, 6.07) is 11.9. The third-order valence-electron chi connectivity index (χ3n) is 3.72. The van der Waals surface area contributed by atoms with E-state index in [1.807, 2.05) is 0 Å². The topological polar surface area (TPSA) is 62.3 Å². The summed E-state index contributed by atoms with van der Waals surface area (Å²) >= 11 is 13.2. The van der Waals surface area contributed by atoms with Crippen molar-refractivity contribution in [1.29, 1.82) is 0 Å². The number of aromatic nitrogens is 1. The average Bonchev–Trinajstić information content (AvgIpc) is 3.17. The molecule has 0 saturated heterocycles. The molecule has 2 aromatic carbocycles. The number of carbonyl (C=O) groups excluding carboxylic acids is 2. The first-order valence-electron chi connectivity index (χ1n) is 7.20. The van der Waals surface area contributed by atoms with E-state index in [0.717, 1.165) is 10.6 Å². The first-order chi connectivity index (χ1) is 12.0. The van der Waals surface area contributed by atoms with Crippen molar-refractivity contribution < 1.29 is 9.59 Å². The van der Waals surface area contributed by atoms with E-state index in [2.05, 4.69) is 10.4 Å². The van der Waals surface area contributed by atoms with E-state index < -0.39 is 11.8 Å². The smallest absolute Gasteiger partial charge is 0.267 e. The van der Waals surface area contributed by atoms with Crippen molar-refractivity contribution in [2.24, 2.45) is 0 Å². The van der Waals surface area contributed by atoms with Gasteiger partial charge < -0.3 is 0 Å². The summed E-state index contributed by atoms with van der Waals surface area (Å²) in [5, 5.41) is 4.10. The predicted molar refractivity (Wildman–Crippen MR) is 98.1 cm³/mol. The maximum atomic E-state index is 12.4. The number of nitrogens with one attached hydrogen (secondary N) is 1. The molecule has 1 aliphatic heterocycles. The lowest BCUT2D eigenvalue weighted by molar-refractivity contribution is 0.0691. The molecule has 0 radical (unpaired) electrons. The van der Waals surface area contributed by atoms with Crippen molar-refractivity contribution in [3.63, 3.8) is 0 Å². The fourth-order valence-corrected chi connectivity index (χ4v) is 3.50. The summed E-state index contributed by atoms with van der Waals surface area (Å²) in [7, 11) is 0. The van der Waals surface area contributed by atoms with Gasteiger partial charge in [0.15, 0.2) is 0 Å². The number of hydrazine groups is 1. The summed E-state index contributed by atoms with van der Waals surface area (Å²) in [6.07, 6.45) is 0. The minimum absolute atomic E-state index is 0.376. The van der Waals surface area contributed by atoms with Crippen LogP contribution in [0.1, 0.15) is 20.7 Å². The fraction of sp³-hybridized carbons (Fsp3) is 0. The minimum atomic E-state index is -0.396. The average molecular weight is 390 g/mol. The number of fused-ring (bicyclic) bond motifs is 1. The van der Waals surface area contributed by atoms with Crippen LogP contribution < -0.4 is 5.43 Å². The first kappa shape index (κ1) is 16.1. The van der Waals surface area contributed by atoms with Crippen molar-refractivity contribution in [2.45, 2.75) is 0 Å². The molecule has 1 N–H and O–H groups in total. The number of carbonyl (C=O) groups is 2. The number of thiazole rings is 1. The standard InChI is InChI=1S/C17H9Cl2N3O2S/c18-12-6-5-9(7-13(12)19)14-8-25-17(20-14)21-22-15(23)10-3-1-2-4-11(10)16(22)24/h1-8H,(H,20,21). The van der Waals surface area contributed by atoms with Crippen LogP contribution in [0.2, 0.25) is 10.0 Å².